The maximum absolute atomic E-state index is 9.99. The molecule has 7 N–H and O–H groups in total. The Kier molecular flexibility index (Phi) is 35.2. The summed E-state index contributed by atoms with van der Waals surface area (Å²) in [6.07, 6.45) is 19.4. The van der Waals surface area contributed by atoms with E-state index in [1.165, 1.54) is 74.1 Å². The first kappa shape index (κ1) is 49.6. The summed E-state index contributed by atoms with van der Waals surface area (Å²) in [6, 6.07) is 15.3. The van der Waals surface area contributed by atoms with Crippen molar-refractivity contribution in [2.45, 2.75) is 117 Å². The highest BCUT2D eigenvalue weighted by molar-refractivity contribution is 5.82. The van der Waals surface area contributed by atoms with Gasteiger partial charge in [0.15, 0.2) is 0 Å². The van der Waals surface area contributed by atoms with Crippen LogP contribution < -0.4 is 32.3 Å². The number of aryl methyl sites for hydroxylation is 1. The van der Waals surface area contributed by atoms with Crippen molar-refractivity contribution in [2.24, 2.45) is 11.7 Å². The molecule has 1 unspecified atom stereocenters. The SMILES string of the molecule is C=C(CCCCCN)NC.C=C(CNC)NCCCC.C=C(NCC=O)NC(C)CCC.C=CC1CCCCC1.Cc1ccc2ccccc2c1. The molecule has 7 nitrogen and oxygen atoms in total. The van der Waals surface area contributed by atoms with Gasteiger partial charge in [-0.05, 0) is 89.1 Å². The monoisotopic (exact) mass is 707 g/mol. The van der Waals surface area contributed by atoms with Crippen molar-refractivity contribution in [1.82, 2.24) is 26.6 Å². The molecule has 51 heavy (non-hydrogen) atoms. The van der Waals surface area contributed by atoms with Crippen LogP contribution in [0.15, 0.2) is 92.1 Å². The Morgan fingerprint density at radius 3 is 2.14 bits per heavy atom. The molecule has 1 aliphatic rings. The largest absolute Gasteiger partial charge is 0.392 e. The highest BCUT2D eigenvalue weighted by Gasteiger charge is 2.08. The molecule has 0 aliphatic heterocycles. The Hall–Kier alpha value is -3.55. The molecular formula is C44H78N6O. The van der Waals surface area contributed by atoms with E-state index >= 15 is 0 Å². The van der Waals surface area contributed by atoms with E-state index in [1.807, 2.05) is 14.1 Å². The minimum atomic E-state index is 0.324. The van der Waals surface area contributed by atoms with Crippen molar-refractivity contribution >= 4 is 17.1 Å². The molecule has 1 atom stereocenters. The molecule has 1 fully saturated rings. The highest BCUT2D eigenvalue weighted by atomic mass is 16.1. The van der Waals surface area contributed by atoms with Crippen molar-refractivity contribution in [2.75, 3.05) is 40.3 Å². The number of carbonyl (C=O) groups excluding carboxylic acids is 1. The average Bonchev–Trinajstić information content (AvgIpc) is 3.14. The lowest BCUT2D eigenvalue weighted by molar-refractivity contribution is -0.107. The molecule has 7 heteroatoms. The van der Waals surface area contributed by atoms with Gasteiger partial charge in [-0.25, -0.2) is 0 Å². The van der Waals surface area contributed by atoms with Crippen LogP contribution in [0.2, 0.25) is 0 Å². The molecule has 0 radical (unpaired) electrons. The summed E-state index contributed by atoms with van der Waals surface area (Å²) in [7, 11) is 3.83. The van der Waals surface area contributed by atoms with E-state index in [4.69, 9.17) is 5.73 Å². The molecule has 0 bridgehead atoms. The average molecular weight is 707 g/mol. The molecule has 1 aliphatic carbocycles. The Morgan fingerprint density at radius 2 is 1.59 bits per heavy atom. The number of fused-ring (bicyclic) bond motifs is 1. The zero-order valence-corrected chi connectivity index (χ0v) is 33.7. The van der Waals surface area contributed by atoms with Crippen LogP contribution in [0.5, 0.6) is 0 Å². The van der Waals surface area contributed by atoms with E-state index in [0.717, 1.165) is 74.7 Å². The van der Waals surface area contributed by atoms with Gasteiger partial charge in [0.25, 0.3) is 0 Å². The third-order valence-corrected chi connectivity index (χ3v) is 8.26. The zero-order chi connectivity index (χ0) is 38.5. The van der Waals surface area contributed by atoms with Crippen molar-refractivity contribution < 1.29 is 4.79 Å². The molecule has 1 saturated carbocycles. The summed E-state index contributed by atoms with van der Waals surface area (Å²) in [6.45, 7) is 26.8. The Bertz CT molecular complexity index is 1160. The number of allylic oxidation sites excluding steroid dienone is 2. The smallest absolute Gasteiger partial charge is 0.139 e. The molecule has 0 heterocycles. The number of aldehydes is 1. The molecule has 0 saturated heterocycles. The van der Waals surface area contributed by atoms with Gasteiger partial charge in [-0.1, -0.05) is 126 Å². The van der Waals surface area contributed by atoms with E-state index in [-0.39, 0.29) is 0 Å². The van der Waals surface area contributed by atoms with Gasteiger partial charge < -0.3 is 37.1 Å². The first-order valence-electron chi connectivity index (χ1n) is 19.4. The third-order valence-electron chi connectivity index (χ3n) is 8.26. The van der Waals surface area contributed by atoms with E-state index in [9.17, 15) is 4.79 Å². The van der Waals surface area contributed by atoms with Gasteiger partial charge in [0.2, 0.25) is 0 Å². The van der Waals surface area contributed by atoms with E-state index in [0.29, 0.717) is 12.6 Å². The second-order valence-corrected chi connectivity index (χ2v) is 13.2. The maximum Gasteiger partial charge on any atom is 0.139 e. The molecule has 0 spiro atoms. The highest BCUT2D eigenvalue weighted by Crippen LogP contribution is 2.23. The topological polar surface area (TPSA) is 103 Å². The number of likely N-dealkylation sites (N-methyl/N-ethyl adjacent to an activating group) is 1. The summed E-state index contributed by atoms with van der Waals surface area (Å²) < 4.78 is 0. The standard InChI is InChI=1S/C11H10.C9H18N2O.2C8H18N2.C8H14/c1-9-6-7-10-4-2-3-5-11(10)8-9;1-4-5-8(2)11-9(3)10-6-7-12;1-8(10-2)6-4-3-5-7-9;1-4-5-6-10-8(2)7-9-3;1-2-8-6-4-3-5-7-8/h2-8H,1H3;7-8,10-11H,3-6H2,1-2H3;10H,1,3-7,9H2,2H3;9-10H,2,4-7H2,1,3H3;2,8H,1,3-7H2. The lowest BCUT2D eigenvalue weighted by atomic mass is 9.90. The van der Waals surface area contributed by atoms with Crippen LogP contribution in [0.4, 0.5) is 0 Å². The number of rotatable bonds is 20. The number of hydrogen-bond acceptors (Lipinski definition) is 7. The zero-order valence-electron chi connectivity index (χ0n) is 33.7. The number of hydrogen-bond donors (Lipinski definition) is 6. The van der Waals surface area contributed by atoms with Crippen LogP contribution >= 0.6 is 0 Å². The Morgan fingerprint density at radius 1 is 0.902 bits per heavy atom. The number of unbranched alkanes of at least 4 members (excludes halogenated alkanes) is 3. The summed E-state index contributed by atoms with van der Waals surface area (Å²) in [4.78, 5) is 9.99. The van der Waals surface area contributed by atoms with Crippen LogP contribution in [0, 0.1) is 12.8 Å². The van der Waals surface area contributed by atoms with Crippen molar-refractivity contribution in [3.63, 3.8) is 0 Å². The van der Waals surface area contributed by atoms with Gasteiger partial charge in [0, 0.05) is 37.6 Å². The number of benzene rings is 2. The van der Waals surface area contributed by atoms with Gasteiger partial charge in [0.1, 0.15) is 6.29 Å². The normalized spacial score (nSPS) is 12.3. The maximum atomic E-state index is 9.99. The van der Waals surface area contributed by atoms with E-state index in [1.54, 1.807) is 0 Å². The van der Waals surface area contributed by atoms with Gasteiger partial charge in [-0.3, -0.25) is 0 Å². The van der Waals surface area contributed by atoms with Crippen LogP contribution in [0.1, 0.15) is 110 Å². The molecule has 0 aromatic heterocycles. The van der Waals surface area contributed by atoms with Gasteiger partial charge in [-0.2, -0.15) is 0 Å². The lowest BCUT2D eigenvalue weighted by Gasteiger charge is -2.16. The van der Waals surface area contributed by atoms with Crippen molar-refractivity contribution in [3.05, 3.63) is 97.6 Å². The number of nitrogens with two attached hydrogens (primary N) is 1. The summed E-state index contributed by atoms with van der Waals surface area (Å²) in [5.74, 6) is 1.58. The Balaban J connectivity index is 0. The van der Waals surface area contributed by atoms with Gasteiger partial charge >= 0.3 is 0 Å². The predicted molar refractivity (Wildman–Crippen MR) is 228 cm³/mol. The first-order chi connectivity index (χ1) is 24.6. The van der Waals surface area contributed by atoms with Crippen LogP contribution in [-0.4, -0.2) is 52.6 Å². The fourth-order valence-electron chi connectivity index (χ4n) is 5.20. The fraction of sp³-hybridized carbons (Fsp3) is 0.568. The molecule has 2 aromatic rings. The molecule has 3 rings (SSSR count). The molecular weight excluding hydrogens is 629 g/mol. The predicted octanol–water partition coefficient (Wildman–Crippen LogP) is 9.27. The number of carbonyl (C=O) groups is 1. The van der Waals surface area contributed by atoms with Gasteiger partial charge in [0.05, 0.1) is 12.4 Å². The van der Waals surface area contributed by atoms with E-state index in [2.05, 4.69) is 129 Å². The summed E-state index contributed by atoms with van der Waals surface area (Å²) in [5, 5.41) is 17.9. The van der Waals surface area contributed by atoms with Crippen LogP contribution in [0.25, 0.3) is 10.8 Å². The van der Waals surface area contributed by atoms with E-state index < -0.39 is 0 Å². The molecule has 0 amide bonds. The summed E-state index contributed by atoms with van der Waals surface area (Å²) >= 11 is 0. The minimum Gasteiger partial charge on any atom is -0.392 e. The fourth-order valence-corrected chi connectivity index (χ4v) is 5.20. The molecule has 290 valence electrons. The quantitative estimate of drug-likeness (QED) is 0.0464. The van der Waals surface area contributed by atoms with Crippen LogP contribution in [-0.2, 0) is 4.79 Å². The second kappa shape index (κ2) is 36.2. The second-order valence-electron chi connectivity index (χ2n) is 13.2. The number of nitrogens with one attached hydrogen (secondary N) is 5. The van der Waals surface area contributed by atoms with Crippen molar-refractivity contribution in [3.8, 4) is 0 Å². The first-order valence-corrected chi connectivity index (χ1v) is 19.4. The van der Waals surface area contributed by atoms with Crippen molar-refractivity contribution in [1.29, 1.82) is 0 Å². The van der Waals surface area contributed by atoms with Gasteiger partial charge in [-0.15, -0.1) is 6.58 Å². The lowest BCUT2D eigenvalue weighted by Crippen LogP contribution is -2.33. The van der Waals surface area contributed by atoms with Crippen LogP contribution in [0.3, 0.4) is 0 Å². The Labute approximate surface area is 314 Å². The molecule has 2 aromatic carbocycles. The summed E-state index contributed by atoms with van der Waals surface area (Å²) in [5.41, 5.74) is 8.86. The third kappa shape index (κ3) is 32.1. The minimum absolute atomic E-state index is 0.324.